The minimum atomic E-state index is -1.34. The van der Waals surface area contributed by atoms with Crippen LogP contribution in [0.4, 0.5) is 5.69 Å². The number of rotatable bonds is 16. The van der Waals surface area contributed by atoms with Gasteiger partial charge in [-0.1, -0.05) is 83.5 Å². The van der Waals surface area contributed by atoms with E-state index in [4.69, 9.17) is 0 Å². The van der Waals surface area contributed by atoms with Crippen molar-refractivity contribution in [3.63, 3.8) is 0 Å². The third-order valence-electron chi connectivity index (χ3n) is 6.10. The second-order valence-electron chi connectivity index (χ2n) is 8.60. The highest BCUT2D eigenvalue weighted by Crippen LogP contribution is 2.29. The summed E-state index contributed by atoms with van der Waals surface area (Å²) in [6.45, 7) is 0.924. The smallest absolute Gasteiger partial charge is 0.168 e. The Balaban J connectivity index is 1.39. The van der Waals surface area contributed by atoms with E-state index in [1.165, 1.54) is 83.5 Å². The quantitative estimate of drug-likeness (QED) is 0.226. The van der Waals surface area contributed by atoms with E-state index in [1.54, 1.807) is 12.1 Å². The summed E-state index contributed by atoms with van der Waals surface area (Å²) in [6.07, 6.45) is 18.9. The number of nitrogens with one attached hydrogen (secondary N) is 1. The Hall–Kier alpha value is -1.84. The minimum Gasteiger partial charge on any atom is -0.550 e. The van der Waals surface area contributed by atoms with E-state index in [2.05, 4.69) is 5.32 Å². The van der Waals surface area contributed by atoms with Crippen LogP contribution in [0.25, 0.3) is 0 Å². The molecular formula is C25H38NO3-. The maximum atomic E-state index is 11.6. The highest BCUT2D eigenvalue weighted by atomic mass is 16.4. The minimum absolute atomic E-state index is 0.412. The third kappa shape index (κ3) is 10.5. The van der Waals surface area contributed by atoms with Crippen molar-refractivity contribution >= 4 is 17.4 Å². The molecule has 162 valence electrons. The van der Waals surface area contributed by atoms with Gasteiger partial charge >= 0.3 is 0 Å². The highest BCUT2D eigenvalue weighted by molar-refractivity contribution is 6.05. The van der Waals surface area contributed by atoms with E-state index in [-0.39, 0.29) is 0 Å². The number of hydrogen-bond acceptors (Lipinski definition) is 4. The molecule has 0 heterocycles. The number of aliphatic carboxylic acids is 1. The Kier molecular flexibility index (Phi) is 11.5. The molecule has 2 rings (SSSR count). The lowest BCUT2D eigenvalue weighted by Crippen LogP contribution is -2.25. The summed E-state index contributed by atoms with van der Waals surface area (Å²) >= 11 is 0. The van der Waals surface area contributed by atoms with E-state index >= 15 is 0 Å². The van der Waals surface area contributed by atoms with Crippen LogP contribution in [-0.4, -0.2) is 18.3 Å². The van der Waals surface area contributed by atoms with Crippen molar-refractivity contribution in [3.05, 3.63) is 29.8 Å². The monoisotopic (exact) mass is 400 g/mol. The van der Waals surface area contributed by atoms with Gasteiger partial charge in [0, 0.05) is 23.8 Å². The molecule has 4 nitrogen and oxygen atoms in total. The summed E-state index contributed by atoms with van der Waals surface area (Å²) in [7, 11) is 0. The molecule has 1 aliphatic rings. The summed E-state index contributed by atoms with van der Waals surface area (Å²) in [5.74, 6) is -0.694. The van der Waals surface area contributed by atoms with Crippen molar-refractivity contribution in [1.82, 2.24) is 0 Å². The Morgan fingerprint density at radius 1 is 0.828 bits per heavy atom. The van der Waals surface area contributed by atoms with Crippen LogP contribution in [0, 0.1) is 5.92 Å². The van der Waals surface area contributed by atoms with Gasteiger partial charge in [-0.15, -0.1) is 0 Å². The first-order valence-electron chi connectivity index (χ1n) is 11.7. The van der Waals surface area contributed by atoms with Gasteiger partial charge in [0.1, 0.15) is 0 Å². The first kappa shape index (κ1) is 23.4. The predicted octanol–water partition coefficient (Wildman–Crippen LogP) is 5.51. The molecule has 0 amide bonds. The molecule has 0 radical (unpaired) electrons. The zero-order valence-corrected chi connectivity index (χ0v) is 17.9. The zero-order chi connectivity index (χ0) is 20.7. The maximum absolute atomic E-state index is 11.6. The molecule has 1 aromatic carbocycles. The average molecular weight is 401 g/mol. The summed E-state index contributed by atoms with van der Waals surface area (Å²) in [6, 6.07) is 6.99. The van der Waals surface area contributed by atoms with E-state index < -0.39 is 18.2 Å². The molecule has 0 spiro atoms. The van der Waals surface area contributed by atoms with Crippen LogP contribution in [0.1, 0.15) is 107 Å². The summed E-state index contributed by atoms with van der Waals surface area (Å²) in [4.78, 5) is 22.1. The van der Waals surface area contributed by atoms with Gasteiger partial charge in [-0.25, -0.2) is 0 Å². The van der Waals surface area contributed by atoms with Crippen molar-refractivity contribution in [3.8, 4) is 0 Å². The predicted molar refractivity (Wildman–Crippen MR) is 117 cm³/mol. The summed E-state index contributed by atoms with van der Waals surface area (Å²) < 4.78 is 0. The number of benzene rings is 1. The van der Waals surface area contributed by atoms with Gasteiger partial charge in [-0.2, -0.15) is 0 Å². The average Bonchev–Trinajstić information content (AvgIpc) is 3.22. The lowest BCUT2D eigenvalue weighted by Gasteiger charge is -2.08. The van der Waals surface area contributed by atoms with Crippen LogP contribution in [0.2, 0.25) is 0 Å². The number of carboxylic acids is 1. The molecule has 1 aromatic rings. The van der Waals surface area contributed by atoms with Crippen molar-refractivity contribution in [2.45, 2.75) is 96.3 Å². The van der Waals surface area contributed by atoms with E-state index in [9.17, 15) is 14.7 Å². The van der Waals surface area contributed by atoms with Crippen molar-refractivity contribution in [2.75, 3.05) is 11.9 Å². The standard InChI is InChI=1S/C25H39NO3/c27-24(20-25(28)29)22-15-17-23(18-16-22)26-19-11-7-5-3-1-2-4-6-8-12-21-13-9-10-14-21/h15-18,21,26H,1-14,19-20H2,(H,28,29)/p-1. The highest BCUT2D eigenvalue weighted by Gasteiger charge is 2.13. The second kappa shape index (κ2) is 14.2. The lowest BCUT2D eigenvalue weighted by molar-refractivity contribution is -0.304. The molecule has 4 heteroatoms. The SMILES string of the molecule is O=C([O-])CC(=O)c1ccc(NCCCCCCCCCCCC2CCCC2)cc1. The van der Waals surface area contributed by atoms with E-state index in [0.717, 1.165) is 24.6 Å². The molecular weight excluding hydrogens is 362 g/mol. The fourth-order valence-electron chi connectivity index (χ4n) is 4.33. The summed E-state index contributed by atoms with van der Waals surface area (Å²) in [5, 5.41) is 13.8. The molecule has 1 aliphatic carbocycles. The zero-order valence-electron chi connectivity index (χ0n) is 17.9. The Morgan fingerprint density at radius 3 is 1.97 bits per heavy atom. The Bertz CT molecular complexity index is 591. The first-order valence-corrected chi connectivity index (χ1v) is 11.7. The van der Waals surface area contributed by atoms with Crippen LogP contribution >= 0.6 is 0 Å². The Labute approximate surface area is 176 Å². The number of Topliss-reactive ketones (excluding diaryl/α,β-unsaturated/α-hetero) is 1. The van der Waals surface area contributed by atoms with Crippen LogP contribution in [0.5, 0.6) is 0 Å². The molecule has 0 atom stereocenters. The van der Waals surface area contributed by atoms with Gasteiger partial charge in [-0.05, 0) is 36.6 Å². The van der Waals surface area contributed by atoms with Crippen molar-refractivity contribution < 1.29 is 14.7 Å². The lowest BCUT2D eigenvalue weighted by atomic mass is 9.99. The molecule has 0 bridgehead atoms. The van der Waals surface area contributed by atoms with Crippen LogP contribution in [0.3, 0.4) is 0 Å². The number of carbonyl (C=O) groups is 2. The normalized spacial score (nSPS) is 14.2. The van der Waals surface area contributed by atoms with Crippen LogP contribution < -0.4 is 10.4 Å². The molecule has 0 aliphatic heterocycles. The molecule has 29 heavy (non-hydrogen) atoms. The largest absolute Gasteiger partial charge is 0.550 e. The van der Waals surface area contributed by atoms with Gasteiger partial charge in [0.25, 0.3) is 0 Å². The number of hydrogen-bond donors (Lipinski definition) is 1. The van der Waals surface area contributed by atoms with E-state index in [0.29, 0.717) is 5.56 Å². The third-order valence-corrected chi connectivity index (χ3v) is 6.10. The Morgan fingerprint density at radius 2 is 1.38 bits per heavy atom. The van der Waals surface area contributed by atoms with Crippen molar-refractivity contribution in [1.29, 1.82) is 0 Å². The van der Waals surface area contributed by atoms with Gasteiger partial charge in [0.2, 0.25) is 0 Å². The number of carboxylic acid groups (broad SMARTS) is 1. The number of ketones is 1. The molecule has 1 N–H and O–H groups in total. The molecule has 1 saturated carbocycles. The summed E-state index contributed by atoms with van der Waals surface area (Å²) in [5.41, 5.74) is 1.38. The van der Waals surface area contributed by atoms with Crippen LogP contribution in [-0.2, 0) is 4.79 Å². The number of carbonyl (C=O) groups excluding carboxylic acids is 2. The van der Waals surface area contributed by atoms with Gasteiger partial charge in [-0.3, -0.25) is 4.79 Å². The van der Waals surface area contributed by atoms with Gasteiger partial charge in [0.15, 0.2) is 5.78 Å². The van der Waals surface area contributed by atoms with E-state index in [1.807, 2.05) is 12.1 Å². The maximum Gasteiger partial charge on any atom is 0.168 e. The fraction of sp³-hybridized carbons (Fsp3) is 0.680. The van der Waals surface area contributed by atoms with Crippen molar-refractivity contribution in [2.24, 2.45) is 5.92 Å². The number of anilines is 1. The molecule has 0 saturated heterocycles. The molecule has 1 fully saturated rings. The van der Waals surface area contributed by atoms with Gasteiger partial charge in [0.05, 0.1) is 6.42 Å². The van der Waals surface area contributed by atoms with Crippen LogP contribution in [0.15, 0.2) is 24.3 Å². The second-order valence-corrected chi connectivity index (χ2v) is 8.60. The topological polar surface area (TPSA) is 69.2 Å². The molecule has 0 unspecified atom stereocenters. The molecule has 0 aromatic heterocycles. The number of unbranched alkanes of at least 4 members (excludes halogenated alkanes) is 8. The first-order chi connectivity index (χ1) is 14.1. The fourth-order valence-corrected chi connectivity index (χ4v) is 4.33. The van der Waals surface area contributed by atoms with Gasteiger partial charge < -0.3 is 15.2 Å².